The van der Waals surface area contributed by atoms with Crippen molar-refractivity contribution in [2.45, 2.75) is 57.3 Å². The summed E-state index contributed by atoms with van der Waals surface area (Å²) in [5, 5.41) is 1.46. The summed E-state index contributed by atoms with van der Waals surface area (Å²) in [5.74, 6) is 0.135. The van der Waals surface area contributed by atoms with E-state index >= 15 is 0 Å². The van der Waals surface area contributed by atoms with Crippen LogP contribution in [0.1, 0.15) is 39.5 Å². The molecule has 0 aliphatic carbocycles. The number of amides is 1. The zero-order valence-electron chi connectivity index (χ0n) is 17.8. The maximum absolute atomic E-state index is 13.1. The first-order chi connectivity index (χ1) is 14.8. The second-order valence-corrected chi connectivity index (χ2v) is 11.4. The largest absolute Gasteiger partial charge is 0.338 e. The summed E-state index contributed by atoms with van der Waals surface area (Å²) in [5.41, 5.74) is 0.354. The zero-order valence-corrected chi connectivity index (χ0v) is 20.2. The number of hydrogen-bond acceptors (Lipinski definition) is 6. The lowest BCUT2D eigenvalue weighted by molar-refractivity contribution is -0.130. The Labute approximate surface area is 192 Å². The average molecular weight is 486 g/mol. The van der Waals surface area contributed by atoms with Gasteiger partial charge >= 0.3 is 0 Å². The van der Waals surface area contributed by atoms with Crippen LogP contribution in [0, 0.1) is 0 Å². The third-order valence-corrected chi connectivity index (χ3v) is 8.32. The van der Waals surface area contributed by atoms with Gasteiger partial charge in [-0.1, -0.05) is 43.6 Å². The van der Waals surface area contributed by atoms with Crippen LogP contribution in [-0.4, -0.2) is 58.6 Å². The Bertz CT molecular complexity index is 1120. The molecular formula is C21H28ClN3O4S2. The fourth-order valence-corrected chi connectivity index (χ4v) is 6.58. The van der Waals surface area contributed by atoms with Gasteiger partial charge in [-0.15, -0.1) is 0 Å². The third kappa shape index (κ3) is 5.81. The van der Waals surface area contributed by atoms with E-state index in [0.717, 1.165) is 19.3 Å². The molecule has 1 fully saturated rings. The maximum Gasteiger partial charge on any atom is 0.262 e. The number of carbonyl (C=O) groups is 1. The van der Waals surface area contributed by atoms with E-state index in [9.17, 15) is 18.0 Å². The molecule has 1 aliphatic heterocycles. The first kappa shape index (κ1) is 24.1. The highest BCUT2D eigenvalue weighted by molar-refractivity contribution is 7.99. The minimum absolute atomic E-state index is 0.0282. The molecule has 0 N–H and O–H groups in total. The van der Waals surface area contributed by atoms with Crippen molar-refractivity contribution < 1.29 is 13.2 Å². The van der Waals surface area contributed by atoms with Gasteiger partial charge in [-0.05, 0) is 37.5 Å². The second-order valence-electron chi connectivity index (χ2n) is 7.80. The Hall–Kier alpha value is -1.58. The summed E-state index contributed by atoms with van der Waals surface area (Å²) < 4.78 is 25.5. The number of aromatic nitrogens is 2. The Kier molecular flexibility index (Phi) is 8.04. The van der Waals surface area contributed by atoms with Crippen LogP contribution >= 0.6 is 23.4 Å². The number of unbranched alkanes of at least 4 members (excludes halogenated alkanes) is 1. The van der Waals surface area contributed by atoms with Crippen molar-refractivity contribution in [1.29, 1.82) is 0 Å². The first-order valence-electron chi connectivity index (χ1n) is 10.6. The van der Waals surface area contributed by atoms with Crippen LogP contribution in [0.15, 0.2) is 28.2 Å². The number of benzene rings is 1. The SMILES string of the molecule is CCCCN(C(=O)CSc1nc2cc(Cl)ccc2c(=O)n1CCC)C1CCS(=O)(=O)C1. The molecule has 0 bridgehead atoms. The van der Waals surface area contributed by atoms with Crippen molar-refractivity contribution in [3.8, 4) is 0 Å². The molecule has 1 aliphatic rings. The highest BCUT2D eigenvalue weighted by atomic mass is 35.5. The molecule has 2 heterocycles. The lowest BCUT2D eigenvalue weighted by Gasteiger charge is -2.28. The van der Waals surface area contributed by atoms with Gasteiger partial charge in [0, 0.05) is 24.2 Å². The quantitative estimate of drug-likeness (QED) is 0.399. The van der Waals surface area contributed by atoms with Crippen LogP contribution in [0.3, 0.4) is 0 Å². The summed E-state index contributed by atoms with van der Waals surface area (Å²) in [4.78, 5) is 32.3. The third-order valence-electron chi connectivity index (χ3n) is 5.38. The van der Waals surface area contributed by atoms with E-state index in [-0.39, 0.29) is 34.8 Å². The second kappa shape index (κ2) is 10.4. The van der Waals surface area contributed by atoms with Gasteiger partial charge in [-0.25, -0.2) is 13.4 Å². The van der Waals surface area contributed by atoms with Gasteiger partial charge < -0.3 is 4.90 Å². The van der Waals surface area contributed by atoms with Crippen molar-refractivity contribution in [2.75, 3.05) is 23.8 Å². The summed E-state index contributed by atoms with van der Waals surface area (Å²) in [6, 6.07) is 4.72. The molecule has 31 heavy (non-hydrogen) atoms. The highest BCUT2D eigenvalue weighted by Gasteiger charge is 2.34. The molecule has 0 saturated carbocycles. The van der Waals surface area contributed by atoms with Gasteiger partial charge in [-0.3, -0.25) is 14.2 Å². The molecule has 1 unspecified atom stereocenters. The maximum atomic E-state index is 13.1. The lowest BCUT2D eigenvalue weighted by atomic mass is 10.2. The number of rotatable bonds is 9. The molecule has 2 aromatic rings. The topological polar surface area (TPSA) is 89.3 Å². The van der Waals surface area contributed by atoms with Crippen molar-refractivity contribution >= 4 is 50.0 Å². The predicted molar refractivity (Wildman–Crippen MR) is 126 cm³/mol. The van der Waals surface area contributed by atoms with E-state index < -0.39 is 9.84 Å². The standard InChI is InChI=1S/C21H28ClN3O4S2/c1-3-5-10-24(16-8-11-31(28,29)14-16)19(26)13-30-21-23-18-12-15(22)6-7-17(18)20(27)25(21)9-4-2/h6-7,12,16H,3-5,8-11,13-14H2,1-2H3. The number of hydrogen-bond donors (Lipinski definition) is 0. The van der Waals surface area contributed by atoms with E-state index in [1.807, 2.05) is 13.8 Å². The molecule has 10 heteroatoms. The van der Waals surface area contributed by atoms with Crippen molar-refractivity contribution in [2.24, 2.45) is 0 Å². The normalized spacial score (nSPS) is 17.8. The van der Waals surface area contributed by atoms with Crippen LogP contribution < -0.4 is 5.56 Å². The van der Waals surface area contributed by atoms with Crippen LogP contribution in [0.4, 0.5) is 0 Å². The number of sulfone groups is 1. The molecule has 1 aromatic carbocycles. The van der Waals surface area contributed by atoms with Gasteiger partial charge in [0.2, 0.25) is 5.91 Å². The minimum Gasteiger partial charge on any atom is -0.338 e. The summed E-state index contributed by atoms with van der Waals surface area (Å²) >= 11 is 7.29. The number of halogens is 1. The van der Waals surface area contributed by atoms with E-state index in [2.05, 4.69) is 4.98 Å². The zero-order chi connectivity index (χ0) is 22.6. The Morgan fingerprint density at radius 3 is 2.74 bits per heavy atom. The van der Waals surface area contributed by atoms with Gasteiger partial charge in [-0.2, -0.15) is 0 Å². The molecule has 0 spiro atoms. The van der Waals surface area contributed by atoms with Crippen molar-refractivity contribution in [3.05, 3.63) is 33.6 Å². The molecule has 0 radical (unpaired) electrons. The molecule has 1 aromatic heterocycles. The van der Waals surface area contributed by atoms with Crippen LogP contribution in [-0.2, 0) is 21.2 Å². The van der Waals surface area contributed by atoms with E-state index in [4.69, 9.17) is 11.6 Å². The average Bonchev–Trinajstić information content (AvgIpc) is 3.08. The Balaban J connectivity index is 1.84. The molecule has 1 amide bonds. The van der Waals surface area contributed by atoms with Gasteiger partial charge in [0.15, 0.2) is 15.0 Å². The highest BCUT2D eigenvalue weighted by Crippen LogP contribution is 2.23. The molecule has 170 valence electrons. The van der Waals surface area contributed by atoms with Crippen molar-refractivity contribution in [3.63, 3.8) is 0 Å². The predicted octanol–water partition coefficient (Wildman–Crippen LogP) is 3.37. The summed E-state index contributed by atoms with van der Waals surface area (Å²) in [6.07, 6.45) is 2.97. The Morgan fingerprint density at radius 1 is 1.32 bits per heavy atom. The van der Waals surface area contributed by atoms with Gasteiger partial charge in [0.05, 0.1) is 28.2 Å². The lowest BCUT2D eigenvalue weighted by Crippen LogP contribution is -2.42. The smallest absolute Gasteiger partial charge is 0.262 e. The molecular weight excluding hydrogens is 458 g/mol. The van der Waals surface area contributed by atoms with Crippen LogP contribution in [0.25, 0.3) is 10.9 Å². The van der Waals surface area contributed by atoms with E-state index in [1.54, 1.807) is 27.7 Å². The minimum atomic E-state index is -3.09. The molecule has 7 nitrogen and oxygen atoms in total. The van der Waals surface area contributed by atoms with Gasteiger partial charge in [0.1, 0.15) is 0 Å². The molecule has 3 rings (SSSR count). The first-order valence-corrected chi connectivity index (χ1v) is 13.8. The van der Waals surface area contributed by atoms with Crippen molar-refractivity contribution in [1.82, 2.24) is 14.5 Å². The van der Waals surface area contributed by atoms with Gasteiger partial charge in [0.25, 0.3) is 5.56 Å². The van der Waals surface area contributed by atoms with Crippen LogP contribution in [0.5, 0.6) is 0 Å². The monoisotopic (exact) mass is 485 g/mol. The van der Waals surface area contributed by atoms with Crippen LogP contribution in [0.2, 0.25) is 5.02 Å². The number of fused-ring (bicyclic) bond motifs is 1. The Morgan fingerprint density at radius 2 is 2.10 bits per heavy atom. The fraction of sp³-hybridized carbons (Fsp3) is 0.571. The van der Waals surface area contributed by atoms with E-state index in [0.29, 0.717) is 40.6 Å². The number of nitrogens with zero attached hydrogens (tertiary/aromatic N) is 3. The number of carbonyl (C=O) groups excluding carboxylic acids is 1. The molecule has 1 saturated heterocycles. The fourth-order valence-electron chi connectivity index (χ4n) is 3.77. The molecule has 1 atom stereocenters. The number of thioether (sulfide) groups is 1. The van der Waals surface area contributed by atoms with E-state index in [1.165, 1.54) is 11.8 Å². The summed E-state index contributed by atoms with van der Waals surface area (Å²) in [6.45, 7) is 5.06. The summed E-state index contributed by atoms with van der Waals surface area (Å²) in [7, 11) is -3.09.